The van der Waals surface area contributed by atoms with Crippen LogP contribution < -0.4 is 5.32 Å². The first-order valence-corrected chi connectivity index (χ1v) is 9.81. The number of hydrogen-bond acceptors (Lipinski definition) is 5. The average Bonchev–Trinajstić information content (AvgIpc) is 3.20. The molecule has 2 fully saturated rings. The third-order valence-electron chi connectivity index (χ3n) is 5.91. The third kappa shape index (κ3) is 3.30. The van der Waals surface area contributed by atoms with Crippen molar-refractivity contribution in [3.05, 3.63) is 53.4 Å². The molecule has 7 heteroatoms. The number of aromatic nitrogens is 1. The van der Waals surface area contributed by atoms with Gasteiger partial charge in [0.15, 0.2) is 0 Å². The van der Waals surface area contributed by atoms with Gasteiger partial charge in [-0.1, -0.05) is 42.4 Å². The summed E-state index contributed by atoms with van der Waals surface area (Å²) in [7, 11) is 0. The third-order valence-corrected chi connectivity index (χ3v) is 5.91. The van der Waals surface area contributed by atoms with Gasteiger partial charge in [-0.2, -0.15) is 0 Å². The van der Waals surface area contributed by atoms with E-state index in [2.05, 4.69) is 10.5 Å². The molecule has 7 nitrogen and oxygen atoms in total. The zero-order valence-corrected chi connectivity index (χ0v) is 15.9. The van der Waals surface area contributed by atoms with Crippen LogP contribution >= 0.6 is 0 Å². The fourth-order valence-corrected chi connectivity index (χ4v) is 4.36. The van der Waals surface area contributed by atoms with Crippen LogP contribution in [-0.4, -0.2) is 46.2 Å². The molecule has 2 aromatic rings. The summed E-state index contributed by atoms with van der Waals surface area (Å²) in [5.74, 6) is -0.150. The molecule has 1 spiro atoms. The number of benzene rings is 1. The van der Waals surface area contributed by atoms with Crippen LogP contribution in [-0.2, 0) is 11.2 Å². The van der Waals surface area contributed by atoms with Crippen molar-refractivity contribution in [3.63, 3.8) is 0 Å². The Kier molecular flexibility index (Phi) is 4.93. The van der Waals surface area contributed by atoms with E-state index in [0.29, 0.717) is 32.2 Å². The van der Waals surface area contributed by atoms with Crippen molar-refractivity contribution < 1.29 is 19.2 Å². The Labute approximate surface area is 163 Å². The molecule has 2 amide bonds. The van der Waals surface area contributed by atoms with Gasteiger partial charge in [0.1, 0.15) is 0 Å². The topological polar surface area (TPSA) is 95.7 Å². The van der Waals surface area contributed by atoms with Gasteiger partial charge in [-0.15, -0.1) is 0 Å². The molecule has 2 N–H and O–H groups in total. The van der Waals surface area contributed by atoms with E-state index >= 15 is 0 Å². The number of nitrogens with one attached hydrogen (secondary N) is 1. The zero-order valence-electron chi connectivity index (χ0n) is 15.9. The van der Waals surface area contributed by atoms with Crippen LogP contribution in [0.2, 0.25) is 0 Å². The SMILES string of the molecule is CCc1cc(C(=O)N2CCC[C@]3(C[C@@H](O)[C@H](c4ccccc4)NC3=O)C2)on1. The lowest BCUT2D eigenvalue weighted by Gasteiger charge is -2.47. The van der Waals surface area contributed by atoms with Gasteiger partial charge in [-0.05, 0) is 31.2 Å². The van der Waals surface area contributed by atoms with Crippen molar-refractivity contribution in [2.45, 2.75) is 44.8 Å². The minimum Gasteiger partial charge on any atom is -0.391 e. The molecule has 3 atom stereocenters. The van der Waals surface area contributed by atoms with E-state index in [0.717, 1.165) is 11.3 Å². The minimum absolute atomic E-state index is 0.101. The van der Waals surface area contributed by atoms with Crippen molar-refractivity contribution in [2.75, 3.05) is 13.1 Å². The fourth-order valence-electron chi connectivity index (χ4n) is 4.36. The Hall–Kier alpha value is -2.67. The minimum atomic E-state index is -0.772. The van der Waals surface area contributed by atoms with E-state index in [1.54, 1.807) is 11.0 Å². The molecule has 0 aliphatic carbocycles. The fraction of sp³-hybridized carbons (Fsp3) is 0.476. The highest BCUT2D eigenvalue weighted by Crippen LogP contribution is 2.41. The predicted molar refractivity (Wildman–Crippen MR) is 101 cm³/mol. The second kappa shape index (κ2) is 7.39. The van der Waals surface area contributed by atoms with Crippen LogP contribution in [0.5, 0.6) is 0 Å². The molecular weight excluding hydrogens is 358 g/mol. The highest BCUT2D eigenvalue weighted by Gasteiger charge is 2.50. The molecule has 0 unspecified atom stereocenters. The quantitative estimate of drug-likeness (QED) is 0.846. The van der Waals surface area contributed by atoms with Crippen LogP contribution in [0, 0.1) is 5.41 Å². The number of hydrogen-bond donors (Lipinski definition) is 2. The van der Waals surface area contributed by atoms with Gasteiger partial charge in [-0.25, -0.2) is 0 Å². The lowest BCUT2D eigenvalue weighted by atomic mass is 9.70. The van der Waals surface area contributed by atoms with E-state index in [-0.39, 0.29) is 24.1 Å². The Morgan fingerprint density at radius 3 is 2.89 bits per heavy atom. The first-order valence-electron chi connectivity index (χ1n) is 9.81. The summed E-state index contributed by atoms with van der Waals surface area (Å²) in [5.41, 5.74) is 0.842. The van der Waals surface area contributed by atoms with E-state index < -0.39 is 17.6 Å². The van der Waals surface area contributed by atoms with Crippen LogP contribution in [0.25, 0.3) is 0 Å². The molecule has 0 bridgehead atoms. The number of carbonyl (C=O) groups excluding carboxylic acids is 2. The van der Waals surface area contributed by atoms with Gasteiger partial charge in [0.25, 0.3) is 5.91 Å². The van der Waals surface area contributed by atoms with Gasteiger partial charge < -0.3 is 19.8 Å². The standard InChI is InChI=1S/C21H25N3O4/c1-2-15-11-17(28-23-15)19(26)24-10-6-9-21(13-24)12-16(25)18(22-20(21)27)14-7-4-3-5-8-14/h3-5,7-8,11,16,18,25H,2,6,9-10,12-13H2,1H3,(H,22,27)/t16-,18+,21+/m1/s1. The molecule has 4 rings (SSSR count). The molecule has 2 aliphatic heterocycles. The van der Waals surface area contributed by atoms with Gasteiger partial charge >= 0.3 is 0 Å². The maximum Gasteiger partial charge on any atom is 0.292 e. The monoisotopic (exact) mass is 383 g/mol. The van der Waals surface area contributed by atoms with Crippen molar-refractivity contribution in [2.24, 2.45) is 5.41 Å². The van der Waals surface area contributed by atoms with Crippen molar-refractivity contribution in [3.8, 4) is 0 Å². The van der Waals surface area contributed by atoms with Gasteiger partial charge in [0.2, 0.25) is 11.7 Å². The summed E-state index contributed by atoms with van der Waals surface area (Å²) in [6.45, 7) is 2.78. The van der Waals surface area contributed by atoms with Crippen LogP contribution in [0.3, 0.4) is 0 Å². The molecule has 2 saturated heterocycles. The molecule has 1 aromatic carbocycles. The number of aliphatic hydroxyl groups excluding tert-OH is 1. The number of aryl methyl sites for hydroxylation is 1. The number of likely N-dealkylation sites (tertiary alicyclic amines) is 1. The normalized spacial score (nSPS) is 27.6. The second-order valence-corrected chi connectivity index (χ2v) is 7.78. The van der Waals surface area contributed by atoms with Crippen LogP contribution in [0.1, 0.15) is 54.0 Å². The molecule has 0 radical (unpaired) electrons. The number of rotatable bonds is 3. The largest absolute Gasteiger partial charge is 0.391 e. The Morgan fingerprint density at radius 2 is 2.18 bits per heavy atom. The smallest absolute Gasteiger partial charge is 0.292 e. The summed E-state index contributed by atoms with van der Waals surface area (Å²) in [5, 5.41) is 17.7. The van der Waals surface area contributed by atoms with Crippen molar-refractivity contribution in [1.82, 2.24) is 15.4 Å². The number of nitrogens with zero attached hydrogens (tertiary/aromatic N) is 2. The van der Waals surface area contributed by atoms with E-state index in [4.69, 9.17) is 4.52 Å². The first kappa shape index (κ1) is 18.7. The second-order valence-electron chi connectivity index (χ2n) is 7.78. The van der Waals surface area contributed by atoms with Crippen molar-refractivity contribution in [1.29, 1.82) is 0 Å². The van der Waals surface area contributed by atoms with E-state index in [9.17, 15) is 14.7 Å². The summed E-state index contributed by atoms with van der Waals surface area (Å²) >= 11 is 0. The average molecular weight is 383 g/mol. The number of amides is 2. The Bertz CT molecular complexity index is 866. The summed E-state index contributed by atoms with van der Waals surface area (Å²) < 4.78 is 5.18. The van der Waals surface area contributed by atoms with Crippen LogP contribution in [0.15, 0.2) is 40.9 Å². The molecule has 2 aliphatic rings. The zero-order chi connectivity index (χ0) is 19.7. The highest BCUT2D eigenvalue weighted by atomic mass is 16.5. The Balaban J connectivity index is 1.51. The van der Waals surface area contributed by atoms with Gasteiger partial charge in [0.05, 0.1) is 23.3 Å². The summed E-state index contributed by atoms with van der Waals surface area (Å²) in [6, 6.07) is 10.7. The molecular formula is C21H25N3O4. The summed E-state index contributed by atoms with van der Waals surface area (Å²) in [6.07, 6.45) is 1.68. The lowest BCUT2D eigenvalue weighted by molar-refractivity contribution is -0.144. The lowest BCUT2D eigenvalue weighted by Crippen LogP contribution is -2.60. The van der Waals surface area contributed by atoms with Crippen LogP contribution in [0.4, 0.5) is 0 Å². The first-order chi connectivity index (χ1) is 13.5. The molecule has 148 valence electrons. The molecule has 0 saturated carbocycles. The molecule has 3 heterocycles. The summed E-state index contributed by atoms with van der Waals surface area (Å²) in [4.78, 5) is 27.5. The van der Waals surface area contributed by atoms with E-state index in [1.807, 2.05) is 37.3 Å². The maximum absolute atomic E-state index is 13.1. The predicted octanol–water partition coefficient (Wildman–Crippen LogP) is 2.08. The van der Waals surface area contributed by atoms with E-state index in [1.165, 1.54) is 0 Å². The number of piperidine rings is 2. The Morgan fingerprint density at radius 1 is 1.39 bits per heavy atom. The highest BCUT2D eigenvalue weighted by molar-refractivity contribution is 5.92. The molecule has 1 aromatic heterocycles. The maximum atomic E-state index is 13.1. The number of aliphatic hydroxyl groups is 1. The van der Waals surface area contributed by atoms with Crippen molar-refractivity contribution >= 4 is 11.8 Å². The number of carbonyl (C=O) groups is 2. The van der Waals surface area contributed by atoms with Gasteiger partial charge in [-0.3, -0.25) is 9.59 Å². The molecule has 28 heavy (non-hydrogen) atoms. The van der Waals surface area contributed by atoms with Gasteiger partial charge in [0, 0.05) is 19.2 Å².